The van der Waals surface area contributed by atoms with Gasteiger partial charge in [0.15, 0.2) is 0 Å². The summed E-state index contributed by atoms with van der Waals surface area (Å²) in [5, 5.41) is 0.505. The molecule has 41 valence electrons. The van der Waals surface area contributed by atoms with Crippen molar-refractivity contribution in [3.8, 4) is 0 Å². The fourth-order valence-corrected chi connectivity index (χ4v) is 0.678. The molecule has 0 aliphatic heterocycles. The predicted octanol–water partition coefficient (Wildman–Crippen LogP) is 1.84. The zero-order chi connectivity index (χ0) is 5.98. The zero-order valence-electron chi connectivity index (χ0n) is 4.48. The first-order valence-electron chi connectivity index (χ1n) is 2.29. The molecule has 0 saturated heterocycles. The average Bonchev–Trinajstić information content (AvgIpc) is 1.64. The van der Waals surface area contributed by atoms with Gasteiger partial charge in [-0.15, -0.1) is 0 Å². The van der Waals surface area contributed by atoms with Crippen molar-refractivity contribution in [2.45, 2.75) is 6.92 Å². The van der Waals surface area contributed by atoms with E-state index in [9.17, 15) is 0 Å². The van der Waals surface area contributed by atoms with Gasteiger partial charge in [0.1, 0.15) is 5.15 Å². The summed E-state index contributed by atoms with van der Waals surface area (Å²) < 4.78 is 0. The Labute approximate surface area is 53.3 Å². The normalized spacial score (nSPS) is 9.25. The van der Waals surface area contributed by atoms with Crippen molar-refractivity contribution in [2.75, 3.05) is 0 Å². The van der Waals surface area contributed by atoms with Gasteiger partial charge >= 0.3 is 0 Å². The Morgan fingerprint density at radius 2 is 2.50 bits per heavy atom. The highest BCUT2D eigenvalue weighted by molar-refractivity contribution is 6.29. The molecule has 1 aromatic rings. The highest BCUT2D eigenvalue weighted by Crippen LogP contribution is 2.03. The minimum absolute atomic E-state index is 0.505. The summed E-state index contributed by atoms with van der Waals surface area (Å²) in [4.78, 5) is 3.68. The van der Waals surface area contributed by atoms with Gasteiger partial charge in [-0.1, -0.05) is 11.6 Å². The maximum Gasteiger partial charge on any atom is 0.130 e. The van der Waals surface area contributed by atoms with E-state index in [0.717, 1.165) is 5.56 Å². The van der Waals surface area contributed by atoms with Gasteiger partial charge in [-0.25, -0.2) is 4.98 Å². The van der Waals surface area contributed by atoms with Crippen LogP contribution < -0.4 is 0 Å². The van der Waals surface area contributed by atoms with Crippen molar-refractivity contribution >= 4 is 11.6 Å². The molecule has 0 fully saturated rings. The third-order valence-corrected chi connectivity index (χ3v) is 1.00. The average molecular weight is 127 g/mol. The van der Waals surface area contributed by atoms with E-state index in [4.69, 9.17) is 11.6 Å². The van der Waals surface area contributed by atoms with Crippen LogP contribution in [0.2, 0.25) is 5.15 Å². The summed E-state index contributed by atoms with van der Waals surface area (Å²) in [7, 11) is 0. The van der Waals surface area contributed by atoms with Gasteiger partial charge in [-0.05, 0) is 24.6 Å². The summed E-state index contributed by atoms with van der Waals surface area (Å²) in [6.45, 7) is 1.95. The van der Waals surface area contributed by atoms with Crippen LogP contribution in [0.4, 0.5) is 0 Å². The predicted molar refractivity (Wildman–Crippen MR) is 32.8 cm³/mol. The van der Waals surface area contributed by atoms with Gasteiger partial charge in [0.25, 0.3) is 0 Å². The second-order valence-corrected chi connectivity index (χ2v) is 1.98. The number of hydrogen-bond acceptors (Lipinski definition) is 1. The largest absolute Gasteiger partial charge is 0.234 e. The number of rotatable bonds is 0. The van der Waals surface area contributed by atoms with Crippen molar-refractivity contribution in [3.63, 3.8) is 0 Å². The van der Waals surface area contributed by atoms with E-state index in [1.54, 1.807) is 12.1 Å². The van der Waals surface area contributed by atoms with E-state index in [-0.39, 0.29) is 0 Å². The molecule has 0 amide bonds. The van der Waals surface area contributed by atoms with E-state index in [1.165, 1.54) is 0 Å². The molecule has 2 heteroatoms. The van der Waals surface area contributed by atoms with Crippen LogP contribution in [0.25, 0.3) is 0 Å². The molecule has 0 saturated carbocycles. The molecule has 1 nitrogen and oxygen atoms in total. The Balaban J connectivity index is 3.08. The number of aryl methyl sites for hydroxylation is 1. The zero-order valence-corrected chi connectivity index (χ0v) is 5.24. The first-order valence-corrected chi connectivity index (χ1v) is 2.67. The van der Waals surface area contributed by atoms with Crippen LogP contribution in [0.5, 0.6) is 0 Å². The van der Waals surface area contributed by atoms with Gasteiger partial charge in [0.2, 0.25) is 0 Å². The first kappa shape index (κ1) is 5.57. The lowest BCUT2D eigenvalue weighted by molar-refractivity contribution is 1.27. The molecule has 0 unspecified atom stereocenters. The summed E-state index contributed by atoms with van der Waals surface area (Å²) in [5.74, 6) is 0. The van der Waals surface area contributed by atoms with Crippen LogP contribution in [0.1, 0.15) is 5.56 Å². The van der Waals surface area contributed by atoms with Crippen LogP contribution in [0, 0.1) is 13.1 Å². The van der Waals surface area contributed by atoms with Crippen molar-refractivity contribution in [1.82, 2.24) is 4.98 Å². The van der Waals surface area contributed by atoms with Gasteiger partial charge in [-0.3, -0.25) is 0 Å². The molecular formula is C6H5ClN. The van der Waals surface area contributed by atoms with Crippen LogP contribution in [0.3, 0.4) is 0 Å². The highest BCUT2D eigenvalue weighted by atomic mass is 35.5. The Morgan fingerprint density at radius 3 is 2.88 bits per heavy atom. The van der Waals surface area contributed by atoms with E-state index in [1.807, 2.05) is 6.92 Å². The van der Waals surface area contributed by atoms with Gasteiger partial charge in [0, 0.05) is 0 Å². The maximum absolute atomic E-state index is 5.50. The molecule has 8 heavy (non-hydrogen) atoms. The Hall–Kier alpha value is -0.560. The quantitative estimate of drug-likeness (QED) is 0.484. The van der Waals surface area contributed by atoms with Gasteiger partial charge in [-0.2, -0.15) is 0 Å². The summed E-state index contributed by atoms with van der Waals surface area (Å²) in [5.41, 5.74) is 1.09. The lowest BCUT2D eigenvalue weighted by Gasteiger charge is -1.87. The molecule has 1 heterocycles. The molecular weight excluding hydrogens is 122 g/mol. The van der Waals surface area contributed by atoms with Crippen LogP contribution in [-0.4, -0.2) is 4.98 Å². The molecule has 1 radical (unpaired) electrons. The van der Waals surface area contributed by atoms with Gasteiger partial charge in [0.05, 0.1) is 6.20 Å². The van der Waals surface area contributed by atoms with E-state index >= 15 is 0 Å². The standard InChI is InChI=1S/C6H5ClN/c1-5-2-3-8-6(7)4-5/h2,4H,1H3. The molecule has 0 aliphatic rings. The van der Waals surface area contributed by atoms with Crippen molar-refractivity contribution < 1.29 is 0 Å². The number of hydrogen-bond donors (Lipinski definition) is 0. The smallest absolute Gasteiger partial charge is 0.130 e. The van der Waals surface area contributed by atoms with Crippen LogP contribution >= 0.6 is 11.6 Å². The van der Waals surface area contributed by atoms with Crippen LogP contribution in [0.15, 0.2) is 12.1 Å². The molecule has 0 aliphatic carbocycles. The van der Waals surface area contributed by atoms with E-state index < -0.39 is 0 Å². The molecule has 0 N–H and O–H groups in total. The Kier molecular flexibility index (Phi) is 1.49. The summed E-state index contributed by atoms with van der Waals surface area (Å²) in [6.07, 6.45) is 2.65. The van der Waals surface area contributed by atoms with E-state index in [0.29, 0.717) is 5.15 Å². The molecule has 1 aromatic heterocycles. The third-order valence-electron chi connectivity index (χ3n) is 0.810. The number of aromatic nitrogens is 1. The highest BCUT2D eigenvalue weighted by Gasteiger charge is 1.85. The summed E-state index contributed by atoms with van der Waals surface area (Å²) in [6, 6.07) is 3.57. The lowest BCUT2D eigenvalue weighted by Crippen LogP contribution is -1.74. The fraction of sp³-hybridized carbons (Fsp3) is 0.167. The molecule has 0 atom stereocenters. The maximum atomic E-state index is 5.50. The second kappa shape index (κ2) is 2.14. The summed E-state index contributed by atoms with van der Waals surface area (Å²) >= 11 is 5.50. The SMILES string of the molecule is Cc1c[c]nc(Cl)c1. The molecule has 0 aromatic carbocycles. The molecule has 1 rings (SSSR count). The Bertz CT molecular complexity index is 168. The number of pyridine rings is 1. The van der Waals surface area contributed by atoms with E-state index in [2.05, 4.69) is 11.2 Å². The number of halogens is 1. The number of nitrogens with zero attached hydrogens (tertiary/aromatic N) is 1. The molecule has 0 spiro atoms. The monoisotopic (exact) mass is 126 g/mol. The second-order valence-electron chi connectivity index (χ2n) is 1.60. The topological polar surface area (TPSA) is 12.9 Å². The van der Waals surface area contributed by atoms with Crippen molar-refractivity contribution in [2.24, 2.45) is 0 Å². The minimum atomic E-state index is 0.505. The lowest BCUT2D eigenvalue weighted by atomic mass is 10.3. The molecule has 0 bridgehead atoms. The third kappa shape index (κ3) is 1.20. The minimum Gasteiger partial charge on any atom is -0.234 e. The van der Waals surface area contributed by atoms with Gasteiger partial charge < -0.3 is 0 Å². The van der Waals surface area contributed by atoms with Crippen molar-refractivity contribution in [3.05, 3.63) is 29.0 Å². The Morgan fingerprint density at radius 1 is 1.75 bits per heavy atom. The fourth-order valence-electron chi connectivity index (χ4n) is 0.458. The van der Waals surface area contributed by atoms with Crippen LogP contribution in [-0.2, 0) is 0 Å². The van der Waals surface area contributed by atoms with Crippen molar-refractivity contribution in [1.29, 1.82) is 0 Å². The first-order chi connectivity index (χ1) is 3.79.